The summed E-state index contributed by atoms with van der Waals surface area (Å²) in [6.07, 6.45) is 0. The van der Waals surface area contributed by atoms with Crippen LogP contribution in [0.15, 0.2) is 0 Å². The second kappa shape index (κ2) is 25.2. The van der Waals surface area contributed by atoms with E-state index in [4.69, 9.17) is 0 Å². The Kier molecular flexibility index (Phi) is 50.0. The van der Waals surface area contributed by atoms with E-state index < -0.39 is 0 Å². The maximum atomic E-state index is 9.22. The summed E-state index contributed by atoms with van der Waals surface area (Å²) in [5, 5.41) is 0. The Morgan fingerprint density at radius 2 is 1.25 bits per heavy atom. The van der Waals surface area contributed by atoms with Gasteiger partial charge < -0.3 is 5.73 Å². The average molecular weight is 220 g/mol. The van der Waals surface area contributed by atoms with E-state index in [9.17, 15) is 4.79 Å². The number of rotatable bonds is 0. The van der Waals surface area contributed by atoms with Gasteiger partial charge in [-0.05, 0) is 0 Å². The number of nitrogens with two attached hydrogens (primary N) is 1. The van der Waals surface area contributed by atoms with Crippen LogP contribution < -0.4 is 5.73 Å². The Bertz CT molecular complexity index is 37.0. The van der Waals surface area contributed by atoms with Crippen molar-refractivity contribution in [2.45, 2.75) is 18.0 Å². The second-order valence-corrected chi connectivity index (χ2v) is 0.611. The van der Waals surface area contributed by atoms with Crippen molar-refractivity contribution in [1.29, 1.82) is 0 Å². The summed E-state index contributed by atoms with van der Waals surface area (Å²) >= 11 is 2.75. The van der Waals surface area contributed by atoms with E-state index in [1.165, 1.54) is 43.5 Å². The Hall–Kier alpha value is 0.717. The van der Waals surface area contributed by atoms with Crippen molar-refractivity contribution in [1.82, 2.24) is 0 Å². The molecule has 8 heavy (non-hydrogen) atoms. The summed E-state index contributed by atoms with van der Waals surface area (Å²) in [6, 6.07) is 0. The van der Waals surface area contributed by atoms with Crippen molar-refractivity contribution in [3.05, 3.63) is 0 Å². The molecule has 0 aliphatic heterocycles. The summed E-state index contributed by atoms with van der Waals surface area (Å²) < 4.78 is 0. The van der Waals surface area contributed by atoms with Crippen LogP contribution >= 0.6 is 0 Å². The molecule has 4 heteroatoms. The average Bonchev–Trinajstić information content (AvgIpc) is 1.75. The predicted octanol–water partition coefficient (Wildman–Crippen LogP) is 0.654. The molecule has 0 heterocycles. The van der Waals surface area contributed by atoms with Crippen LogP contribution in [0.1, 0.15) is 6.92 Å². The third-order valence-corrected chi connectivity index (χ3v) is 0. The Labute approximate surface area is 70.9 Å². The monoisotopic (exact) mass is 217 g/mol. The van der Waals surface area contributed by atoms with Crippen molar-refractivity contribution in [3.8, 4) is 0 Å². The zero-order valence-corrected chi connectivity index (χ0v) is 11.8. The van der Waals surface area contributed by atoms with E-state index in [-0.39, 0.29) is 5.91 Å². The van der Waals surface area contributed by atoms with Gasteiger partial charge in [-0.2, -0.15) is 0 Å². The molecule has 2 nitrogen and oxygen atoms in total. The molecule has 0 aliphatic rings. The molecule has 0 unspecified atom stereocenters. The molecule has 1 amide bonds. The fraction of sp³-hybridized carbons (Fsp3) is 0.750. The molecular formula is C4H11NOZn2. The van der Waals surface area contributed by atoms with Crippen LogP contribution in [-0.2, 0) is 41.4 Å². The molecule has 0 aromatic carbocycles. The van der Waals surface area contributed by atoms with E-state index in [2.05, 4.69) is 16.8 Å². The fourth-order valence-corrected chi connectivity index (χ4v) is 0. The third kappa shape index (κ3) is 427. The van der Waals surface area contributed by atoms with E-state index in [0.29, 0.717) is 0 Å². The Morgan fingerprint density at radius 3 is 1.25 bits per heavy atom. The Morgan fingerprint density at radius 1 is 1.25 bits per heavy atom. The van der Waals surface area contributed by atoms with Crippen molar-refractivity contribution < 1.29 is 41.4 Å². The number of carbonyl (C=O) groups is 1. The number of amides is 1. The molecular weight excluding hydrogens is 209 g/mol. The standard InChI is InChI=1S/C2H5NO.2CH3.2Zn/c1-2(3)4;;;;/h1H3,(H2,3,4);2*1H3;;. The number of primary amides is 1. The van der Waals surface area contributed by atoms with Crippen LogP contribution in [0, 0.1) is 0 Å². The number of hydrogen-bond acceptors (Lipinski definition) is 1. The molecule has 0 saturated carbocycles. The fourth-order valence-electron chi connectivity index (χ4n) is 0. The molecule has 0 saturated heterocycles. The SMILES string of the molecule is CC(N)=O.[CH3][Zn].[CH3][Zn]. The topological polar surface area (TPSA) is 43.1 Å². The molecule has 0 aromatic heterocycles. The summed E-state index contributed by atoms with van der Waals surface area (Å²) in [4.78, 5) is 9.22. The Balaban J connectivity index is -0.0000000542. The van der Waals surface area contributed by atoms with Gasteiger partial charge in [-0.15, -0.1) is 0 Å². The van der Waals surface area contributed by atoms with Gasteiger partial charge in [-0.1, -0.05) is 0 Å². The summed E-state index contributed by atoms with van der Waals surface area (Å²) in [7, 11) is 0. The normalized spacial score (nSPS) is 4.88. The van der Waals surface area contributed by atoms with Gasteiger partial charge >= 0.3 is 47.6 Å². The van der Waals surface area contributed by atoms with Gasteiger partial charge in [0.2, 0.25) is 5.91 Å². The molecule has 0 atom stereocenters. The van der Waals surface area contributed by atoms with Crippen molar-refractivity contribution in [2.24, 2.45) is 5.73 Å². The van der Waals surface area contributed by atoms with Gasteiger partial charge in [0, 0.05) is 6.92 Å². The zero-order valence-electron chi connectivity index (χ0n) is 5.90. The second-order valence-electron chi connectivity index (χ2n) is 0.611. The number of hydrogen-bond donors (Lipinski definition) is 1. The van der Waals surface area contributed by atoms with Gasteiger partial charge in [0.1, 0.15) is 0 Å². The van der Waals surface area contributed by atoms with Gasteiger partial charge in [-0.3, -0.25) is 4.79 Å². The van der Waals surface area contributed by atoms with E-state index in [0.717, 1.165) is 0 Å². The zero-order chi connectivity index (χ0) is 7.58. The first kappa shape index (κ1) is 15.9. The van der Waals surface area contributed by atoms with Gasteiger partial charge in [0.25, 0.3) is 0 Å². The summed E-state index contributed by atoms with van der Waals surface area (Å²) in [6.45, 7) is 1.31. The predicted molar refractivity (Wildman–Crippen MR) is 26.6 cm³/mol. The van der Waals surface area contributed by atoms with Gasteiger partial charge in [0.15, 0.2) is 0 Å². The van der Waals surface area contributed by atoms with Crippen LogP contribution in [0.4, 0.5) is 0 Å². The molecule has 0 spiro atoms. The van der Waals surface area contributed by atoms with E-state index >= 15 is 0 Å². The van der Waals surface area contributed by atoms with E-state index in [1.54, 1.807) is 0 Å². The minimum absolute atomic E-state index is 0.333. The van der Waals surface area contributed by atoms with Crippen molar-refractivity contribution >= 4 is 5.91 Å². The molecule has 0 rings (SSSR count). The number of carbonyl (C=O) groups excluding carboxylic acids is 1. The molecule has 0 fully saturated rings. The summed E-state index contributed by atoms with van der Waals surface area (Å²) in [5.74, 6) is -0.333. The van der Waals surface area contributed by atoms with Crippen LogP contribution in [0.2, 0.25) is 11.0 Å². The van der Waals surface area contributed by atoms with Crippen LogP contribution in [0.3, 0.4) is 0 Å². The van der Waals surface area contributed by atoms with Gasteiger partial charge in [0.05, 0.1) is 0 Å². The molecule has 0 aliphatic carbocycles. The minimum atomic E-state index is -0.333. The molecule has 0 radical (unpaired) electrons. The first-order chi connectivity index (χ1) is 3.73. The van der Waals surface area contributed by atoms with Gasteiger partial charge in [-0.25, -0.2) is 0 Å². The quantitative estimate of drug-likeness (QED) is 0.598. The van der Waals surface area contributed by atoms with Crippen LogP contribution in [0.5, 0.6) is 0 Å². The van der Waals surface area contributed by atoms with Crippen molar-refractivity contribution in [3.63, 3.8) is 0 Å². The summed E-state index contributed by atoms with van der Waals surface area (Å²) in [5.41, 5.74) is 8.72. The van der Waals surface area contributed by atoms with Crippen LogP contribution in [-0.4, -0.2) is 5.91 Å². The maximum absolute atomic E-state index is 9.22. The van der Waals surface area contributed by atoms with E-state index in [1.807, 2.05) is 0 Å². The third-order valence-electron chi connectivity index (χ3n) is 0. The van der Waals surface area contributed by atoms with Crippen molar-refractivity contribution in [2.75, 3.05) is 0 Å². The molecule has 0 aromatic rings. The molecule has 42 valence electrons. The first-order valence-corrected chi connectivity index (χ1v) is 8.34. The molecule has 2 N–H and O–H groups in total. The van der Waals surface area contributed by atoms with Crippen LogP contribution in [0.25, 0.3) is 0 Å². The molecule has 0 bridgehead atoms. The first-order valence-electron chi connectivity index (χ1n) is 2.41.